The maximum atomic E-state index is 5.39. The van der Waals surface area contributed by atoms with Crippen molar-refractivity contribution in [3.8, 4) is 11.5 Å². The van der Waals surface area contributed by atoms with Crippen molar-refractivity contribution in [1.82, 2.24) is 9.97 Å². The van der Waals surface area contributed by atoms with E-state index in [9.17, 15) is 0 Å². The van der Waals surface area contributed by atoms with Gasteiger partial charge in [0.15, 0.2) is 0 Å². The molecule has 28 heavy (non-hydrogen) atoms. The summed E-state index contributed by atoms with van der Waals surface area (Å²) in [4.78, 5) is 8.58. The quantitative estimate of drug-likeness (QED) is 0.559. The summed E-state index contributed by atoms with van der Waals surface area (Å²) in [6, 6.07) is 18.1. The number of nitrogens with one attached hydrogen (secondary N) is 2. The normalized spacial score (nSPS) is 10.4. The molecule has 3 aromatic rings. The number of hydrogen-bond acceptors (Lipinski definition) is 6. The van der Waals surface area contributed by atoms with Crippen LogP contribution in [-0.4, -0.2) is 37.3 Å². The summed E-state index contributed by atoms with van der Waals surface area (Å²) in [5, 5.41) is 6.69. The van der Waals surface area contributed by atoms with E-state index in [0.29, 0.717) is 0 Å². The molecule has 0 unspecified atom stereocenters. The molecular formula is C22H26N4O2. The van der Waals surface area contributed by atoms with Crippen molar-refractivity contribution in [2.24, 2.45) is 0 Å². The first-order chi connectivity index (χ1) is 13.8. The van der Waals surface area contributed by atoms with E-state index in [1.807, 2.05) is 42.5 Å². The number of aromatic nitrogens is 2. The van der Waals surface area contributed by atoms with Crippen LogP contribution < -0.4 is 20.1 Å². The van der Waals surface area contributed by atoms with Crippen LogP contribution in [0.1, 0.15) is 11.1 Å². The Labute approximate surface area is 166 Å². The van der Waals surface area contributed by atoms with Gasteiger partial charge in [0.1, 0.15) is 29.5 Å². The van der Waals surface area contributed by atoms with Gasteiger partial charge < -0.3 is 20.1 Å². The molecule has 0 fully saturated rings. The largest absolute Gasteiger partial charge is 0.497 e. The Morgan fingerprint density at radius 2 is 1.54 bits per heavy atom. The van der Waals surface area contributed by atoms with E-state index in [1.54, 1.807) is 20.5 Å². The zero-order valence-electron chi connectivity index (χ0n) is 16.3. The fourth-order valence-electron chi connectivity index (χ4n) is 2.95. The van der Waals surface area contributed by atoms with Gasteiger partial charge in [-0.3, -0.25) is 0 Å². The van der Waals surface area contributed by atoms with Crippen LogP contribution in [0.15, 0.2) is 60.9 Å². The highest BCUT2D eigenvalue weighted by molar-refractivity contribution is 5.47. The summed E-state index contributed by atoms with van der Waals surface area (Å²) in [6.07, 6.45) is 3.31. The summed E-state index contributed by atoms with van der Waals surface area (Å²) in [5.41, 5.74) is 2.39. The molecule has 2 N–H and O–H groups in total. The second-order valence-corrected chi connectivity index (χ2v) is 6.31. The van der Waals surface area contributed by atoms with Gasteiger partial charge in [-0.25, -0.2) is 9.97 Å². The second kappa shape index (κ2) is 10.2. The number of para-hydroxylation sites is 1. The number of nitrogens with zero attached hydrogens (tertiary/aromatic N) is 2. The SMILES string of the molecule is COc1cccc(CCNc2cc(NCCc3ccccc3OC)ncn2)c1. The number of rotatable bonds is 10. The van der Waals surface area contributed by atoms with Crippen molar-refractivity contribution in [3.63, 3.8) is 0 Å². The fourth-order valence-corrected chi connectivity index (χ4v) is 2.95. The van der Waals surface area contributed by atoms with Gasteiger partial charge in [0.25, 0.3) is 0 Å². The van der Waals surface area contributed by atoms with Crippen molar-refractivity contribution in [1.29, 1.82) is 0 Å². The topological polar surface area (TPSA) is 68.3 Å². The Bertz CT molecular complexity index is 886. The Hall–Kier alpha value is -3.28. The maximum absolute atomic E-state index is 5.39. The van der Waals surface area contributed by atoms with Crippen LogP contribution in [0.25, 0.3) is 0 Å². The number of ether oxygens (including phenoxy) is 2. The molecule has 0 aliphatic carbocycles. The van der Waals surface area contributed by atoms with Gasteiger partial charge in [-0.05, 0) is 42.2 Å². The average Bonchev–Trinajstić information content (AvgIpc) is 2.74. The molecule has 0 atom stereocenters. The Balaban J connectivity index is 1.48. The van der Waals surface area contributed by atoms with E-state index >= 15 is 0 Å². The van der Waals surface area contributed by atoms with Gasteiger partial charge >= 0.3 is 0 Å². The van der Waals surface area contributed by atoms with E-state index < -0.39 is 0 Å². The molecule has 0 radical (unpaired) electrons. The van der Waals surface area contributed by atoms with E-state index in [1.165, 1.54) is 11.1 Å². The molecule has 0 spiro atoms. The minimum atomic E-state index is 0.765. The molecule has 6 nitrogen and oxygen atoms in total. The summed E-state index contributed by atoms with van der Waals surface area (Å²) in [6.45, 7) is 1.55. The zero-order valence-corrected chi connectivity index (χ0v) is 16.3. The summed E-state index contributed by atoms with van der Waals surface area (Å²) < 4.78 is 10.7. The minimum Gasteiger partial charge on any atom is -0.497 e. The van der Waals surface area contributed by atoms with Gasteiger partial charge in [-0.15, -0.1) is 0 Å². The van der Waals surface area contributed by atoms with E-state index in [4.69, 9.17) is 9.47 Å². The van der Waals surface area contributed by atoms with Crippen molar-refractivity contribution in [2.75, 3.05) is 37.9 Å². The first-order valence-corrected chi connectivity index (χ1v) is 9.33. The first-order valence-electron chi connectivity index (χ1n) is 9.33. The second-order valence-electron chi connectivity index (χ2n) is 6.31. The molecule has 0 saturated heterocycles. The molecule has 0 saturated carbocycles. The lowest BCUT2D eigenvalue weighted by atomic mass is 10.1. The van der Waals surface area contributed by atoms with E-state index in [0.717, 1.165) is 49.1 Å². The number of methoxy groups -OCH3 is 2. The Morgan fingerprint density at radius 3 is 2.29 bits per heavy atom. The van der Waals surface area contributed by atoms with Gasteiger partial charge in [0.05, 0.1) is 14.2 Å². The van der Waals surface area contributed by atoms with Gasteiger partial charge in [0.2, 0.25) is 0 Å². The molecule has 0 aliphatic heterocycles. The Morgan fingerprint density at radius 1 is 0.786 bits per heavy atom. The lowest BCUT2D eigenvalue weighted by Gasteiger charge is -2.11. The van der Waals surface area contributed by atoms with Crippen LogP contribution in [0.4, 0.5) is 11.6 Å². The van der Waals surface area contributed by atoms with Crippen molar-refractivity contribution < 1.29 is 9.47 Å². The standard InChI is InChI=1S/C22H26N4O2/c1-27-19-8-5-6-17(14-19)10-12-23-21-15-22(26-16-25-21)24-13-11-18-7-3-4-9-20(18)28-2/h3-9,14-16H,10-13H2,1-2H3,(H2,23,24,25,26). The van der Waals surface area contributed by atoms with Crippen LogP contribution in [-0.2, 0) is 12.8 Å². The molecular weight excluding hydrogens is 352 g/mol. The Kier molecular flexibility index (Phi) is 7.07. The highest BCUT2D eigenvalue weighted by Crippen LogP contribution is 2.18. The molecule has 0 amide bonds. The molecule has 0 aliphatic rings. The third-order valence-electron chi connectivity index (χ3n) is 4.41. The van der Waals surface area contributed by atoms with Gasteiger partial charge in [-0.1, -0.05) is 30.3 Å². The molecule has 2 aromatic carbocycles. The first kappa shape index (κ1) is 19.5. The van der Waals surface area contributed by atoms with Gasteiger partial charge in [0, 0.05) is 19.2 Å². The van der Waals surface area contributed by atoms with Gasteiger partial charge in [-0.2, -0.15) is 0 Å². The van der Waals surface area contributed by atoms with Crippen LogP contribution in [0.3, 0.4) is 0 Å². The summed E-state index contributed by atoms with van der Waals surface area (Å²) in [5.74, 6) is 3.39. The molecule has 1 heterocycles. The summed E-state index contributed by atoms with van der Waals surface area (Å²) >= 11 is 0. The molecule has 3 rings (SSSR count). The minimum absolute atomic E-state index is 0.765. The van der Waals surface area contributed by atoms with Crippen molar-refractivity contribution in [3.05, 3.63) is 72.1 Å². The molecule has 6 heteroatoms. The highest BCUT2D eigenvalue weighted by atomic mass is 16.5. The lowest BCUT2D eigenvalue weighted by molar-refractivity contribution is 0.410. The predicted octanol–water partition coefficient (Wildman–Crippen LogP) is 3.80. The molecule has 0 bridgehead atoms. The van der Waals surface area contributed by atoms with Crippen molar-refractivity contribution in [2.45, 2.75) is 12.8 Å². The summed E-state index contributed by atoms with van der Waals surface area (Å²) in [7, 11) is 3.38. The maximum Gasteiger partial charge on any atom is 0.131 e. The van der Waals surface area contributed by atoms with Crippen LogP contribution in [0.2, 0.25) is 0 Å². The number of hydrogen-bond donors (Lipinski definition) is 2. The molecule has 1 aromatic heterocycles. The van der Waals surface area contributed by atoms with E-state index in [-0.39, 0.29) is 0 Å². The monoisotopic (exact) mass is 378 g/mol. The third-order valence-corrected chi connectivity index (χ3v) is 4.41. The van der Waals surface area contributed by atoms with Crippen LogP contribution in [0, 0.1) is 0 Å². The lowest BCUT2D eigenvalue weighted by Crippen LogP contribution is -2.10. The fraction of sp³-hybridized carbons (Fsp3) is 0.273. The van der Waals surface area contributed by atoms with Crippen molar-refractivity contribution >= 4 is 11.6 Å². The average molecular weight is 378 g/mol. The number of anilines is 2. The molecule has 146 valence electrons. The number of benzene rings is 2. The third kappa shape index (κ3) is 5.61. The van der Waals surface area contributed by atoms with E-state index in [2.05, 4.69) is 32.7 Å². The van der Waals surface area contributed by atoms with Crippen LogP contribution >= 0.6 is 0 Å². The highest BCUT2D eigenvalue weighted by Gasteiger charge is 2.03. The van der Waals surface area contributed by atoms with Crippen LogP contribution in [0.5, 0.6) is 11.5 Å². The smallest absolute Gasteiger partial charge is 0.131 e. The zero-order chi connectivity index (χ0) is 19.6. The predicted molar refractivity (Wildman–Crippen MR) is 112 cm³/mol.